The van der Waals surface area contributed by atoms with E-state index in [2.05, 4.69) is 111 Å². The molecule has 5 nitrogen and oxygen atoms in total. The number of ether oxygens (including phenoxy) is 1. The highest BCUT2D eigenvalue weighted by atomic mass is 16.5. The zero-order valence-electron chi connectivity index (χ0n) is 31.7. The Morgan fingerprint density at radius 2 is 1.30 bits per heavy atom. The summed E-state index contributed by atoms with van der Waals surface area (Å²) < 4.78 is 10.9. The van der Waals surface area contributed by atoms with E-state index < -0.39 is 0 Å². The Balaban J connectivity index is 1.09. The van der Waals surface area contributed by atoms with E-state index in [4.69, 9.17) is 14.8 Å². The van der Waals surface area contributed by atoms with Crippen molar-refractivity contribution in [2.45, 2.75) is 104 Å². The summed E-state index contributed by atoms with van der Waals surface area (Å²) in [6.07, 6.45) is 19.5. The monoisotopic (exact) mass is 698 g/mol. The number of aromatic nitrogens is 4. The number of hydrogen-bond acceptors (Lipinski definition) is 3. The minimum absolute atomic E-state index is 0.623. The van der Waals surface area contributed by atoms with Crippen LogP contribution in [0.25, 0.3) is 44.4 Å². The van der Waals surface area contributed by atoms with Crippen molar-refractivity contribution in [3.63, 3.8) is 0 Å². The largest absolute Gasteiger partial charge is 0.457 e. The van der Waals surface area contributed by atoms with Crippen LogP contribution < -0.4 is 4.74 Å². The number of aryl methyl sites for hydroxylation is 1. The van der Waals surface area contributed by atoms with Gasteiger partial charge in [-0.1, -0.05) is 62.8 Å². The highest BCUT2D eigenvalue weighted by Gasteiger charge is 2.30. The third-order valence-electron chi connectivity index (χ3n) is 12.5. The minimum Gasteiger partial charge on any atom is -0.457 e. The Morgan fingerprint density at radius 1 is 0.623 bits per heavy atom. The lowest BCUT2D eigenvalue weighted by atomic mass is 9.71. The zero-order chi connectivity index (χ0) is 36.1. The number of benzene rings is 4. The van der Waals surface area contributed by atoms with Crippen molar-refractivity contribution in [1.29, 1.82) is 0 Å². The van der Waals surface area contributed by atoms with Crippen LogP contribution in [0.1, 0.15) is 109 Å². The molecule has 0 N–H and O–H groups in total. The van der Waals surface area contributed by atoms with E-state index in [0.717, 1.165) is 34.0 Å². The van der Waals surface area contributed by atoms with Gasteiger partial charge in [0.05, 0.1) is 22.9 Å². The molecule has 0 unspecified atom stereocenters. The first-order valence-corrected chi connectivity index (χ1v) is 19.9. The molecule has 53 heavy (non-hydrogen) atoms. The first-order chi connectivity index (χ1) is 25.9. The lowest BCUT2D eigenvalue weighted by molar-refractivity contribution is 0.434. The Morgan fingerprint density at radius 3 is 2.02 bits per heavy atom. The van der Waals surface area contributed by atoms with Gasteiger partial charge in [-0.25, -0.2) is 9.67 Å². The predicted octanol–water partition coefficient (Wildman–Crippen LogP) is 13.2. The summed E-state index contributed by atoms with van der Waals surface area (Å²) in [5, 5.41) is 7.41. The van der Waals surface area contributed by atoms with E-state index in [-0.39, 0.29) is 0 Å². The fourth-order valence-electron chi connectivity index (χ4n) is 9.64. The van der Waals surface area contributed by atoms with Gasteiger partial charge in [0.2, 0.25) is 0 Å². The summed E-state index contributed by atoms with van der Waals surface area (Å²) in [4.78, 5) is 4.75. The molecule has 3 heterocycles. The lowest BCUT2D eigenvalue weighted by Gasteiger charge is -2.33. The first-order valence-electron chi connectivity index (χ1n) is 19.9. The third kappa shape index (κ3) is 6.14. The summed E-state index contributed by atoms with van der Waals surface area (Å²) in [6.45, 7) is 9.26. The van der Waals surface area contributed by atoms with E-state index in [0.29, 0.717) is 11.8 Å². The molecule has 3 aromatic heterocycles. The van der Waals surface area contributed by atoms with Gasteiger partial charge in [0, 0.05) is 40.9 Å². The van der Waals surface area contributed by atoms with Crippen LogP contribution in [-0.4, -0.2) is 19.3 Å². The molecule has 2 fully saturated rings. The Hall–Kier alpha value is -5.16. The predicted molar refractivity (Wildman–Crippen MR) is 218 cm³/mol. The normalized spacial score (nSPS) is 15.8. The molecule has 0 atom stereocenters. The SMILES string of the molecule is Cc1ccnc(-n2c3ccccc3c3ccc(Oc4cccc(-n5cc(-c6c(C7CCCCC7)c(C)c(C)c(C)c6C6CCCCC6)cn5)c4)cc32)c1. The van der Waals surface area contributed by atoms with Crippen LogP contribution in [0.2, 0.25) is 0 Å². The number of fused-ring (bicyclic) bond motifs is 3. The van der Waals surface area contributed by atoms with E-state index in [9.17, 15) is 0 Å². The maximum Gasteiger partial charge on any atom is 0.137 e. The van der Waals surface area contributed by atoms with Crippen molar-refractivity contribution < 1.29 is 4.74 Å². The van der Waals surface area contributed by atoms with Gasteiger partial charge in [0.25, 0.3) is 0 Å². The summed E-state index contributed by atoms with van der Waals surface area (Å²) in [6, 6.07) is 27.4. The molecular weight excluding hydrogens is 649 g/mol. The van der Waals surface area contributed by atoms with Crippen molar-refractivity contribution in [2.75, 3.05) is 0 Å². The van der Waals surface area contributed by atoms with Crippen molar-refractivity contribution in [1.82, 2.24) is 19.3 Å². The van der Waals surface area contributed by atoms with Gasteiger partial charge in [0.15, 0.2) is 0 Å². The van der Waals surface area contributed by atoms with Crippen LogP contribution >= 0.6 is 0 Å². The molecule has 0 bridgehead atoms. The van der Waals surface area contributed by atoms with E-state index >= 15 is 0 Å². The molecule has 9 rings (SSSR count). The van der Waals surface area contributed by atoms with Crippen LogP contribution in [0.5, 0.6) is 11.5 Å². The van der Waals surface area contributed by atoms with Gasteiger partial charge < -0.3 is 4.74 Å². The van der Waals surface area contributed by atoms with Crippen LogP contribution in [-0.2, 0) is 0 Å². The van der Waals surface area contributed by atoms with Crippen molar-refractivity contribution >= 4 is 21.8 Å². The highest BCUT2D eigenvalue weighted by Crippen LogP contribution is 2.48. The fourth-order valence-corrected chi connectivity index (χ4v) is 9.64. The van der Waals surface area contributed by atoms with E-state index in [1.807, 2.05) is 23.0 Å². The zero-order valence-corrected chi connectivity index (χ0v) is 31.7. The molecule has 268 valence electrons. The average molecular weight is 699 g/mol. The second-order valence-electron chi connectivity index (χ2n) is 15.7. The second-order valence-corrected chi connectivity index (χ2v) is 15.7. The van der Waals surface area contributed by atoms with Gasteiger partial charge in [-0.05, 0) is 147 Å². The average Bonchev–Trinajstić information content (AvgIpc) is 3.81. The number of pyridine rings is 1. The van der Waals surface area contributed by atoms with Crippen molar-refractivity contribution in [3.8, 4) is 34.1 Å². The minimum atomic E-state index is 0.623. The van der Waals surface area contributed by atoms with E-state index in [1.54, 1.807) is 11.1 Å². The molecule has 0 amide bonds. The fraction of sp³-hybridized carbons (Fsp3) is 0.333. The maximum absolute atomic E-state index is 6.62. The highest BCUT2D eigenvalue weighted by molar-refractivity contribution is 6.09. The number of nitrogens with zero attached hydrogens (tertiary/aromatic N) is 4. The van der Waals surface area contributed by atoms with Crippen LogP contribution in [0.3, 0.4) is 0 Å². The Kier molecular flexibility index (Phi) is 8.89. The van der Waals surface area contributed by atoms with Gasteiger partial charge in [-0.2, -0.15) is 5.10 Å². The molecule has 0 aliphatic heterocycles. The molecule has 7 aromatic rings. The molecule has 2 aliphatic carbocycles. The molecule has 5 heteroatoms. The van der Waals surface area contributed by atoms with Crippen LogP contribution in [0.15, 0.2) is 97.5 Å². The molecule has 2 saturated carbocycles. The first kappa shape index (κ1) is 33.7. The number of hydrogen-bond donors (Lipinski definition) is 0. The summed E-state index contributed by atoms with van der Waals surface area (Å²) in [5.74, 6) is 3.72. The van der Waals surface area contributed by atoms with Gasteiger partial charge in [0.1, 0.15) is 17.3 Å². The molecule has 0 radical (unpaired) electrons. The molecule has 2 aliphatic rings. The smallest absolute Gasteiger partial charge is 0.137 e. The van der Waals surface area contributed by atoms with Crippen LogP contribution in [0, 0.1) is 27.7 Å². The molecule has 0 spiro atoms. The van der Waals surface area contributed by atoms with Gasteiger partial charge in [-0.3, -0.25) is 4.57 Å². The Bertz CT molecular complexity index is 2410. The lowest BCUT2D eigenvalue weighted by Crippen LogP contribution is -2.15. The van der Waals surface area contributed by atoms with Crippen molar-refractivity contribution in [2.24, 2.45) is 0 Å². The summed E-state index contributed by atoms with van der Waals surface area (Å²) in [7, 11) is 0. The maximum atomic E-state index is 6.62. The number of para-hydroxylation sites is 1. The molecule has 0 saturated heterocycles. The molecule has 4 aromatic carbocycles. The quantitative estimate of drug-likeness (QED) is 0.166. The third-order valence-corrected chi connectivity index (χ3v) is 12.5. The van der Waals surface area contributed by atoms with Crippen molar-refractivity contribution in [3.05, 3.63) is 131 Å². The van der Waals surface area contributed by atoms with Gasteiger partial charge in [-0.15, -0.1) is 0 Å². The standard InChI is InChI=1S/C48H50N4O/c1-31-24-25-49-45(26-31)52-43-21-12-11-20-41(43)42-23-22-40(28-44(42)52)53-39-19-13-18-38(27-39)51-30-37(29-50-51)48-46(35-14-7-5-8-15-35)33(3)32(2)34(4)47(48)36-16-9-6-10-17-36/h11-13,18-30,35-36H,5-10,14-17H2,1-4H3. The molecular formula is C48H50N4O. The summed E-state index contributed by atoms with van der Waals surface area (Å²) in [5.41, 5.74) is 14.8. The topological polar surface area (TPSA) is 44.9 Å². The van der Waals surface area contributed by atoms with E-state index in [1.165, 1.54) is 108 Å². The second kappa shape index (κ2) is 14.0. The van der Waals surface area contributed by atoms with Gasteiger partial charge >= 0.3 is 0 Å². The Labute approximate surface area is 313 Å². The number of rotatable bonds is 7. The summed E-state index contributed by atoms with van der Waals surface area (Å²) >= 11 is 0. The van der Waals surface area contributed by atoms with Crippen LogP contribution in [0.4, 0.5) is 0 Å².